The number of hydrogen-bond acceptors (Lipinski definition) is 4. The van der Waals surface area contributed by atoms with Crippen molar-refractivity contribution in [1.82, 2.24) is 14.8 Å². The van der Waals surface area contributed by atoms with E-state index in [1.165, 1.54) is 0 Å². The normalized spacial score (nSPS) is 24.1. The smallest absolute Gasteiger partial charge is 0.322 e. The number of nitrogens with one attached hydrogen (secondary N) is 1. The van der Waals surface area contributed by atoms with Crippen LogP contribution in [0.3, 0.4) is 0 Å². The lowest BCUT2D eigenvalue weighted by Crippen LogP contribution is -2.52. The highest BCUT2D eigenvalue weighted by Crippen LogP contribution is 2.39. The van der Waals surface area contributed by atoms with E-state index in [1.807, 2.05) is 23.1 Å². The zero-order valence-corrected chi connectivity index (χ0v) is 14.4. The number of likely N-dealkylation sites (N-methyl/N-ethyl adjacent to an activating group) is 1. The van der Waals surface area contributed by atoms with Gasteiger partial charge >= 0.3 is 6.03 Å². The Hall–Kier alpha value is -2.93. The van der Waals surface area contributed by atoms with Gasteiger partial charge < -0.3 is 15.1 Å². The van der Waals surface area contributed by atoms with Crippen LogP contribution >= 0.6 is 0 Å². The van der Waals surface area contributed by atoms with Gasteiger partial charge in [-0.2, -0.15) is 0 Å². The molecule has 0 saturated carbocycles. The van der Waals surface area contributed by atoms with Crippen LogP contribution in [-0.2, 0) is 0 Å². The van der Waals surface area contributed by atoms with Crippen molar-refractivity contribution in [2.75, 3.05) is 36.9 Å². The Labute approximate surface area is 151 Å². The van der Waals surface area contributed by atoms with E-state index in [2.05, 4.69) is 22.2 Å². The molecule has 0 bridgehead atoms. The zero-order chi connectivity index (χ0) is 17.8. The fraction of sp³-hybridized carbons (Fsp3) is 0.316. The van der Waals surface area contributed by atoms with Gasteiger partial charge in [0, 0.05) is 37.8 Å². The molecule has 1 aromatic heterocycles. The Balaban J connectivity index is 1.60. The summed E-state index contributed by atoms with van der Waals surface area (Å²) in [5, 5.41) is 2.89. The number of para-hydroxylation sites is 2. The summed E-state index contributed by atoms with van der Waals surface area (Å²) in [5.74, 6) is 0.666. The van der Waals surface area contributed by atoms with Crippen LogP contribution in [0.5, 0.6) is 0 Å². The molecule has 7 nitrogen and oxygen atoms in total. The molecule has 132 valence electrons. The molecule has 2 atom stereocenters. The maximum Gasteiger partial charge on any atom is 0.330 e. The Morgan fingerprint density at radius 1 is 1.15 bits per heavy atom. The average Bonchev–Trinajstić information content (AvgIpc) is 2.94. The van der Waals surface area contributed by atoms with E-state index >= 15 is 0 Å². The van der Waals surface area contributed by atoms with Gasteiger partial charge in [0.2, 0.25) is 0 Å². The molecule has 1 N–H and O–H groups in total. The van der Waals surface area contributed by atoms with Crippen LogP contribution in [0.25, 0.3) is 0 Å². The number of carbonyl (C=O) groups excluding carboxylic acids is 2. The zero-order valence-electron chi connectivity index (χ0n) is 14.4. The summed E-state index contributed by atoms with van der Waals surface area (Å²) in [4.78, 5) is 36.2. The van der Waals surface area contributed by atoms with Gasteiger partial charge in [-0.15, -0.1) is 0 Å². The number of aromatic nitrogens is 1. The monoisotopic (exact) mass is 349 g/mol. The van der Waals surface area contributed by atoms with Gasteiger partial charge in [-0.1, -0.05) is 12.1 Å². The number of benzene rings is 1. The Morgan fingerprint density at radius 3 is 2.81 bits per heavy atom. The molecule has 0 radical (unpaired) electrons. The van der Waals surface area contributed by atoms with Gasteiger partial charge in [0.1, 0.15) is 0 Å². The molecule has 4 heterocycles. The van der Waals surface area contributed by atoms with Crippen LogP contribution in [0.1, 0.15) is 10.4 Å². The minimum absolute atomic E-state index is 0.128. The van der Waals surface area contributed by atoms with E-state index in [9.17, 15) is 9.59 Å². The third kappa shape index (κ3) is 2.13. The predicted molar refractivity (Wildman–Crippen MR) is 97.6 cm³/mol. The highest BCUT2D eigenvalue weighted by molar-refractivity contribution is 6.16. The summed E-state index contributed by atoms with van der Waals surface area (Å²) in [6.45, 7) is 2.48. The van der Waals surface area contributed by atoms with Crippen molar-refractivity contribution in [3.63, 3.8) is 0 Å². The van der Waals surface area contributed by atoms with Crippen molar-refractivity contribution in [2.24, 2.45) is 5.92 Å². The van der Waals surface area contributed by atoms with Gasteiger partial charge in [-0.3, -0.25) is 4.79 Å². The molecule has 7 heteroatoms. The van der Waals surface area contributed by atoms with Crippen LogP contribution in [-0.4, -0.2) is 59.4 Å². The molecule has 3 aliphatic rings. The number of nitrogens with zero attached hydrogens (tertiary/aromatic N) is 4. The summed E-state index contributed by atoms with van der Waals surface area (Å²) in [5.41, 5.74) is 1.66. The van der Waals surface area contributed by atoms with Crippen molar-refractivity contribution in [2.45, 2.75) is 6.04 Å². The van der Waals surface area contributed by atoms with Crippen molar-refractivity contribution in [3.8, 4) is 0 Å². The average molecular weight is 349 g/mol. The minimum atomic E-state index is -0.253. The van der Waals surface area contributed by atoms with Gasteiger partial charge in [0.05, 0.1) is 16.9 Å². The highest BCUT2D eigenvalue weighted by Gasteiger charge is 2.46. The Kier molecular flexibility index (Phi) is 3.27. The van der Waals surface area contributed by atoms with E-state index in [4.69, 9.17) is 0 Å². The number of pyridine rings is 1. The topological polar surface area (TPSA) is 68.8 Å². The molecule has 3 amide bonds. The fourth-order valence-electron chi connectivity index (χ4n) is 4.22. The van der Waals surface area contributed by atoms with Crippen LogP contribution in [0, 0.1) is 5.92 Å². The Bertz CT molecular complexity index is 914. The van der Waals surface area contributed by atoms with Gasteiger partial charge in [0.25, 0.3) is 5.91 Å². The van der Waals surface area contributed by atoms with Crippen LogP contribution in [0.2, 0.25) is 0 Å². The number of rotatable bonds is 0. The largest absolute Gasteiger partial charge is 0.330 e. The van der Waals surface area contributed by atoms with E-state index in [1.54, 1.807) is 29.3 Å². The first kappa shape index (κ1) is 15.3. The summed E-state index contributed by atoms with van der Waals surface area (Å²) >= 11 is 0. The van der Waals surface area contributed by atoms with Crippen molar-refractivity contribution >= 4 is 29.1 Å². The first-order valence-electron chi connectivity index (χ1n) is 8.78. The predicted octanol–water partition coefficient (Wildman–Crippen LogP) is 2.15. The van der Waals surface area contributed by atoms with Gasteiger partial charge in [-0.25, -0.2) is 14.7 Å². The maximum atomic E-state index is 13.5. The van der Waals surface area contributed by atoms with Crippen LogP contribution in [0.4, 0.5) is 22.0 Å². The molecule has 0 spiro atoms. The quantitative estimate of drug-likeness (QED) is 0.791. The first-order chi connectivity index (χ1) is 12.6. The van der Waals surface area contributed by atoms with Crippen molar-refractivity contribution in [1.29, 1.82) is 0 Å². The molecule has 2 aromatic rings. The molecule has 5 rings (SSSR count). The van der Waals surface area contributed by atoms with E-state index in [0.717, 1.165) is 13.1 Å². The van der Waals surface area contributed by atoms with E-state index in [-0.39, 0.29) is 11.9 Å². The SMILES string of the molecule is CN1CC2CN(C(=O)N3c4ccccc4NC(=O)c4cccnc43)CC21. The molecule has 26 heavy (non-hydrogen) atoms. The van der Waals surface area contributed by atoms with Gasteiger partial charge in [-0.05, 0) is 31.3 Å². The summed E-state index contributed by atoms with van der Waals surface area (Å²) < 4.78 is 0. The lowest BCUT2D eigenvalue weighted by molar-refractivity contribution is 0.0826. The molecular weight excluding hydrogens is 330 g/mol. The molecule has 2 fully saturated rings. The van der Waals surface area contributed by atoms with Crippen molar-refractivity contribution < 1.29 is 9.59 Å². The van der Waals surface area contributed by atoms with Gasteiger partial charge in [0.15, 0.2) is 5.82 Å². The standard InChI is InChI=1S/C19H19N5O2/c1-22-9-12-10-23(11-16(12)22)19(26)24-15-7-3-2-6-14(15)21-18(25)13-5-4-8-20-17(13)24/h2-8,12,16H,9-11H2,1H3,(H,21,25). The summed E-state index contributed by atoms with van der Waals surface area (Å²) in [6.07, 6.45) is 1.61. The van der Waals surface area contributed by atoms with E-state index < -0.39 is 0 Å². The number of hydrogen-bond donors (Lipinski definition) is 1. The highest BCUT2D eigenvalue weighted by atomic mass is 16.2. The second-order valence-corrected chi connectivity index (χ2v) is 7.14. The van der Waals surface area contributed by atoms with E-state index in [0.29, 0.717) is 41.3 Å². The van der Waals surface area contributed by atoms with Crippen LogP contribution in [0.15, 0.2) is 42.6 Å². The van der Waals surface area contributed by atoms with Crippen LogP contribution < -0.4 is 10.2 Å². The maximum absolute atomic E-state index is 13.5. The molecule has 3 aliphatic heterocycles. The third-order valence-corrected chi connectivity index (χ3v) is 5.59. The second kappa shape index (κ2) is 5.54. The summed E-state index contributed by atoms with van der Waals surface area (Å²) in [6, 6.07) is 11.1. The molecular formula is C19H19N5O2. The lowest BCUT2D eigenvalue weighted by atomic mass is 9.93. The molecule has 1 aromatic carbocycles. The Morgan fingerprint density at radius 2 is 2.00 bits per heavy atom. The summed E-state index contributed by atoms with van der Waals surface area (Å²) in [7, 11) is 2.09. The number of amides is 3. The number of urea groups is 1. The molecule has 0 aliphatic carbocycles. The molecule has 2 saturated heterocycles. The van der Waals surface area contributed by atoms with Crippen molar-refractivity contribution in [3.05, 3.63) is 48.2 Å². The number of anilines is 3. The minimum Gasteiger partial charge on any atom is -0.322 e. The first-order valence-corrected chi connectivity index (χ1v) is 8.78. The number of likely N-dealkylation sites (tertiary alicyclic amines) is 2. The molecule has 2 unspecified atom stereocenters. The fourth-order valence-corrected chi connectivity index (χ4v) is 4.22. The third-order valence-electron chi connectivity index (χ3n) is 5.59. The lowest BCUT2D eigenvalue weighted by Gasteiger charge is -2.40. The second-order valence-electron chi connectivity index (χ2n) is 7.14. The number of carbonyl (C=O) groups is 2. The number of fused-ring (bicyclic) bond motifs is 3.